The van der Waals surface area contributed by atoms with Crippen molar-refractivity contribution in [1.82, 2.24) is 0 Å². The molecule has 0 aliphatic carbocycles. The van der Waals surface area contributed by atoms with Gasteiger partial charge in [0.05, 0.1) is 0 Å². The van der Waals surface area contributed by atoms with Gasteiger partial charge in [-0.05, 0) is 18.1 Å². The Kier molecular flexibility index (Phi) is 3.04. The minimum absolute atomic E-state index is 0.472. The van der Waals surface area contributed by atoms with Crippen LogP contribution in [-0.2, 0) is 6.42 Å². The number of hydrogen-bond donors (Lipinski definition) is 0. The van der Waals surface area contributed by atoms with Gasteiger partial charge in [0.15, 0.2) is 5.83 Å². The van der Waals surface area contributed by atoms with Gasteiger partial charge in [0.1, 0.15) is 6.07 Å². The monoisotopic (exact) mass is 161 g/mol. The summed E-state index contributed by atoms with van der Waals surface area (Å²) in [5.74, 6) is -0.723. The Morgan fingerprint density at radius 2 is 2.08 bits per heavy atom. The molecule has 0 aromatic heterocycles. The molecule has 0 radical (unpaired) electrons. The second kappa shape index (κ2) is 4.30. The largest absolute Gasteiger partial charge is 0.196 e. The van der Waals surface area contributed by atoms with E-state index < -0.39 is 5.83 Å². The highest BCUT2D eigenvalue weighted by molar-refractivity contribution is 5.21. The third-order valence-corrected chi connectivity index (χ3v) is 1.47. The van der Waals surface area contributed by atoms with Crippen LogP contribution in [-0.4, -0.2) is 0 Å². The topological polar surface area (TPSA) is 23.8 Å². The first-order valence-corrected chi connectivity index (χ1v) is 3.62. The second-order valence-electron chi connectivity index (χ2n) is 2.35. The van der Waals surface area contributed by atoms with Crippen LogP contribution >= 0.6 is 0 Å². The predicted molar refractivity (Wildman–Crippen MR) is 45.0 cm³/mol. The second-order valence-corrected chi connectivity index (χ2v) is 2.35. The summed E-state index contributed by atoms with van der Waals surface area (Å²) < 4.78 is 12.3. The van der Waals surface area contributed by atoms with Crippen molar-refractivity contribution in [3.05, 3.63) is 47.8 Å². The molecule has 0 atom stereocenters. The Morgan fingerprint density at radius 3 is 2.67 bits per heavy atom. The molecule has 0 aliphatic rings. The summed E-state index contributed by atoms with van der Waals surface area (Å²) in [6, 6.07) is 10.9. The van der Waals surface area contributed by atoms with E-state index in [9.17, 15) is 4.39 Å². The van der Waals surface area contributed by atoms with Crippen molar-refractivity contribution in [2.75, 3.05) is 0 Å². The number of hydrogen-bond acceptors (Lipinski definition) is 1. The van der Waals surface area contributed by atoms with E-state index in [-0.39, 0.29) is 0 Å². The van der Waals surface area contributed by atoms with E-state index in [1.54, 1.807) is 0 Å². The Morgan fingerprint density at radius 1 is 1.42 bits per heavy atom. The molecule has 0 saturated heterocycles. The van der Waals surface area contributed by atoms with Crippen LogP contribution in [0.1, 0.15) is 5.56 Å². The highest BCUT2D eigenvalue weighted by Crippen LogP contribution is 2.02. The van der Waals surface area contributed by atoms with Crippen molar-refractivity contribution in [1.29, 1.82) is 5.26 Å². The first-order chi connectivity index (χ1) is 5.83. The van der Waals surface area contributed by atoms with Crippen LogP contribution in [0.5, 0.6) is 0 Å². The van der Waals surface area contributed by atoms with Crippen LogP contribution in [0.4, 0.5) is 4.39 Å². The summed E-state index contributed by atoms with van der Waals surface area (Å²) in [5, 5.41) is 8.12. The van der Waals surface area contributed by atoms with Crippen LogP contribution in [0.25, 0.3) is 0 Å². The molecule has 0 N–H and O–H groups in total. The molecule has 0 heterocycles. The van der Waals surface area contributed by atoms with E-state index >= 15 is 0 Å². The van der Waals surface area contributed by atoms with Gasteiger partial charge in [0.25, 0.3) is 0 Å². The highest BCUT2D eigenvalue weighted by Gasteiger charge is 1.90. The van der Waals surface area contributed by atoms with E-state index in [1.165, 1.54) is 12.1 Å². The van der Waals surface area contributed by atoms with E-state index in [1.807, 2.05) is 30.3 Å². The van der Waals surface area contributed by atoms with Gasteiger partial charge in [-0.3, -0.25) is 0 Å². The van der Waals surface area contributed by atoms with Gasteiger partial charge in [-0.1, -0.05) is 30.3 Å². The smallest absolute Gasteiger partial charge is 0.195 e. The number of benzene rings is 1. The molecule has 0 saturated carbocycles. The van der Waals surface area contributed by atoms with E-state index in [0.717, 1.165) is 5.56 Å². The molecule has 0 aliphatic heterocycles. The summed E-state index contributed by atoms with van der Waals surface area (Å²) in [6.45, 7) is 0. The van der Waals surface area contributed by atoms with Crippen molar-refractivity contribution in [3.63, 3.8) is 0 Å². The molecule has 1 aromatic carbocycles. The molecule has 1 rings (SSSR count). The summed E-state index contributed by atoms with van der Waals surface area (Å²) in [4.78, 5) is 0. The lowest BCUT2D eigenvalue weighted by Crippen LogP contribution is -1.79. The zero-order chi connectivity index (χ0) is 8.81. The molecule has 0 fully saturated rings. The third-order valence-electron chi connectivity index (χ3n) is 1.47. The number of rotatable bonds is 2. The van der Waals surface area contributed by atoms with E-state index in [0.29, 0.717) is 6.42 Å². The SMILES string of the molecule is N#C/C(F)=C/Cc1ccccc1. The molecule has 1 aromatic rings. The lowest BCUT2D eigenvalue weighted by atomic mass is 10.1. The minimum Gasteiger partial charge on any atom is -0.195 e. The Hall–Kier alpha value is -1.62. The Balaban J connectivity index is 2.61. The molecule has 2 heteroatoms. The fraction of sp³-hybridized carbons (Fsp3) is 0.100. The maximum Gasteiger partial charge on any atom is 0.196 e. The standard InChI is InChI=1S/C10H8FN/c11-10(8-12)7-6-9-4-2-1-3-5-9/h1-5,7H,6H2/b10-7-. The predicted octanol–water partition coefficient (Wildman–Crippen LogP) is 2.61. The van der Waals surface area contributed by atoms with Crippen molar-refractivity contribution in [3.8, 4) is 6.07 Å². The van der Waals surface area contributed by atoms with Gasteiger partial charge in [0, 0.05) is 0 Å². The molecule has 12 heavy (non-hydrogen) atoms. The zero-order valence-corrected chi connectivity index (χ0v) is 6.50. The van der Waals surface area contributed by atoms with Crippen LogP contribution < -0.4 is 0 Å². The van der Waals surface area contributed by atoms with Crippen molar-refractivity contribution in [2.24, 2.45) is 0 Å². The molecule has 0 unspecified atom stereocenters. The van der Waals surface area contributed by atoms with Crippen molar-refractivity contribution >= 4 is 0 Å². The lowest BCUT2D eigenvalue weighted by molar-refractivity contribution is 0.667. The molecular weight excluding hydrogens is 153 g/mol. The third kappa shape index (κ3) is 2.55. The lowest BCUT2D eigenvalue weighted by Gasteiger charge is -1.92. The van der Waals surface area contributed by atoms with E-state index in [2.05, 4.69) is 0 Å². The minimum atomic E-state index is -0.723. The molecule has 0 spiro atoms. The van der Waals surface area contributed by atoms with Gasteiger partial charge >= 0.3 is 0 Å². The Bertz CT molecular complexity index is 308. The summed E-state index contributed by atoms with van der Waals surface area (Å²) in [6.07, 6.45) is 1.75. The molecule has 1 nitrogen and oxygen atoms in total. The first kappa shape index (κ1) is 8.48. The fourth-order valence-corrected chi connectivity index (χ4v) is 0.867. The summed E-state index contributed by atoms with van der Waals surface area (Å²) in [7, 11) is 0. The maximum atomic E-state index is 12.3. The van der Waals surface area contributed by atoms with Crippen molar-refractivity contribution < 1.29 is 4.39 Å². The quantitative estimate of drug-likeness (QED) is 0.611. The van der Waals surface area contributed by atoms with Crippen molar-refractivity contribution in [2.45, 2.75) is 6.42 Å². The first-order valence-electron chi connectivity index (χ1n) is 3.62. The molecular formula is C10H8FN. The van der Waals surface area contributed by atoms with Gasteiger partial charge in [-0.15, -0.1) is 0 Å². The summed E-state index contributed by atoms with van der Waals surface area (Å²) >= 11 is 0. The number of allylic oxidation sites excluding steroid dienone is 2. The maximum absolute atomic E-state index is 12.3. The average Bonchev–Trinajstić information content (AvgIpc) is 2.16. The fourth-order valence-electron chi connectivity index (χ4n) is 0.867. The molecule has 0 amide bonds. The van der Waals surface area contributed by atoms with Gasteiger partial charge in [0.2, 0.25) is 0 Å². The van der Waals surface area contributed by atoms with Crippen LogP contribution in [0.2, 0.25) is 0 Å². The number of nitriles is 1. The summed E-state index contributed by atoms with van der Waals surface area (Å²) in [5.41, 5.74) is 1.00. The number of halogens is 1. The molecule has 60 valence electrons. The van der Waals surface area contributed by atoms with Gasteiger partial charge in [-0.25, -0.2) is 0 Å². The van der Waals surface area contributed by atoms with Gasteiger partial charge < -0.3 is 0 Å². The van der Waals surface area contributed by atoms with Gasteiger partial charge in [-0.2, -0.15) is 9.65 Å². The van der Waals surface area contributed by atoms with Crippen LogP contribution in [0.3, 0.4) is 0 Å². The average molecular weight is 161 g/mol. The van der Waals surface area contributed by atoms with E-state index in [4.69, 9.17) is 5.26 Å². The molecule has 0 bridgehead atoms. The normalized spacial score (nSPS) is 10.8. The zero-order valence-electron chi connectivity index (χ0n) is 6.50. The highest BCUT2D eigenvalue weighted by atomic mass is 19.1. The Labute approximate surface area is 70.8 Å². The van der Waals surface area contributed by atoms with Crippen LogP contribution in [0.15, 0.2) is 42.2 Å². The van der Waals surface area contributed by atoms with Crippen LogP contribution in [0, 0.1) is 11.3 Å². The number of nitrogens with zero attached hydrogens (tertiary/aromatic N) is 1.